The highest BCUT2D eigenvalue weighted by Gasteiger charge is 2.14. The molecule has 4 amide bonds. The molecule has 0 atom stereocenters. The summed E-state index contributed by atoms with van der Waals surface area (Å²) in [5, 5.41) is 0. The fraction of sp³-hybridized carbons (Fsp3) is 0.778. The van der Waals surface area contributed by atoms with Crippen LogP contribution in [-0.2, 0) is 19.2 Å². The SMILES string of the molecule is NC(=O)CCCCC(=O)N1CCCCCC1.NC(=O)CCCCC(N)=O. The van der Waals surface area contributed by atoms with Gasteiger partial charge in [-0.15, -0.1) is 0 Å². The maximum absolute atomic E-state index is 11.8. The molecule has 0 aromatic heterocycles. The second-order valence-corrected chi connectivity index (χ2v) is 6.61. The Balaban J connectivity index is 0.000000541. The fourth-order valence-corrected chi connectivity index (χ4v) is 2.65. The van der Waals surface area contributed by atoms with Gasteiger partial charge in [0, 0.05) is 38.8 Å². The molecule has 26 heavy (non-hydrogen) atoms. The lowest BCUT2D eigenvalue weighted by atomic mass is 10.1. The molecule has 8 heteroatoms. The van der Waals surface area contributed by atoms with Crippen LogP contribution in [0.2, 0.25) is 0 Å². The van der Waals surface area contributed by atoms with E-state index >= 15 is 0 Å². The van der Waals surface area contributed by atoms with E-state index in [-0.39, 0.29) is 23.6 Å². The number of nitrogens with zero attached hydrogens (tertiary/aromatic N) is 1. The van der Waals surface area contributed by atoms with Crippen molar-refractivity contribution >= 4 is 23.6 Å². The molecule has 0 aromatic carbocycles. The zero-order valence-electron chi connectivity index (χ0n) is 15.7. The molecule has 150 valence electrons. The molecule has 8 nitrogen and oxygen atoms in total. The maximum Gasteiger partial charge on any atom is 0.222 e. The van der Waals surface area contributed by atoms with Crippen LogP contribution < -0.4 is 17.2 Å². The first-order valence-corrected chi connectivity index (χ1v) is 9.45. The van der Waals surface area contributed by atoms with Gasteiger partial charge < -0.3 is 22.1 Å². The van der Waals surface area contributed by atoms with Crippen LogP contribution in [0, 0.1) is 0 Å². The summed E-state index contributed by atoms with van der Waals surface area (Å²) in [6.07, 6.45) is 9.20. The molecule has 0 aromatic rings. The number of rotatable bonds is 10. The average molecular weight is 370 g/mol. The first kappa shape index (κ1) is 23.9. The molecular weight excluding hydrogens is 336 g/mol. The van der Waals surface area contributed by atoms with E-state index in [1.807, 2.05) is 4.90 Å². The Bertz CT molecular complexity index is 430. The second kappa shape index (κ2) is 15.2. The van der Waals surface area contributed by atoms with Gasteiger partial charge in [-0.1, -0.05) is 12.8 Å². The lowest BCUT2D eigenvalue weighted by Crippen LogP contribution is -2.31. The lowest BCUT2D eigenvalue weighted by molar-refractivity contribution is -0.131. The minimum atomic E-state index is -0.329. The summed E-state index contributed by atoms with van der Waals surface area (Å²) in [6.45, 7) is 1.82. The largest absolute Gasteiger partial charge is 0.370 e. The van der Waals surface area contributed by atoms with Gasteiger partial charge in [0.05, 0.1) is 0 Å². The number of nitrogens with two attached hydrogens (primary N) is 3. The predicted molar refractivity (Wildman–Crippen MR) is 99.6 cm³/mol. The third kappa shape index (κ3) is 15.4. The Kier molecular flexibility index (Phi) is 13.9. The number of hydrogen-bond donors (Lipinski definition) is 3. The van der Waals surface area contributed by atoms with E-state index < -0.39 is 0 Å². The summed E-state index contributed by atoms with van der Waals surface area (Å²) in [5.41, 5.74) is 14.7. The Labute approximate surface area is 155 Å². The molecule has 0 spiro atoms. The minimum Gasteiger partial charge on any atom is -0.370 e. The normalized spacial score (nSPS) is 13.9. The zero-order chi connectivity index (χ0) is 19.8. The molecule has 1 fully saturated rings. The first-order valence-electron chi connectivity index (χ1n) is 9.45. The van der Waals surface area contributed by atoms with Crippen molar-refractivity contribution in [1.82, 2.24) is 4.90 Å². The monoisotopic (exact) mass is 370 g/mol. The van der Waals surface area contributed by atoms with Crippen LogP contribution in [0.4, 0.5) is 0 Å². The van der Waals surface area contributed by atoms with Crippen LogP contribution >= 0.6 is 0 Å². The molecule has 1 saturated heterocycles. The molecular formula is C18H34N4O4. The molecule has 1 rings (SSSR count). The summed E-state index contributed by atoms with van der Waals surface area (Å²) in [7, 11) is 0. The van der Waals surface area contributed by atoms with Crippen molar-refractivity contribution in [3.05, 3.63) is 0 Å². The smallest absolute Gasteiger partial charge is 0.222 e. The van der Waals surface area contributed by atoms with Gasteiger partial charge in [0.15, 0.2) is 0 Å². The van der Waals surface area contributed by atoms with Crippen LogP contribution in [0.15, 0.2) is 0 Å². The van der Waals surface area contributed by atoms with Crippen molar-refractivity contribution in [1.29, 1.82) is 0 Å². The number of amides is 4. The number of unbranched alkanes of at least 4 members (excludes halogenated alkanes) is 2. The quantitative estimate of drug-likeness (QED) is 0.491. The molecule has 0 bridgehead atoms. The van der Waals surface area contributed by atoms with Crippen molar-refractivity contribution < 1.29 is 19.2 Å². The summed E-state index contributed by atoms with van der Waals surface area (Å²) in [5.74, 6) is -0.692. The maximum atomic E-state index is 11.8. The highest BCUT2D eigenvalue weighted by atomic mass is 16.2. The van der Waals surface area contributed by atoms with Crippen molar-refractivity contribution in [2.75, 3.05) is 13.1 Å². The van der Waals surface area contributed by atoms with Crippen LogP contribution in [0.5, 0.6) is 0 Å². The minimum absolute atomic E-state index is 0.242. The van der Waals surface area contributed by atoms with Crippen molar-refractivity contribution in [3.8, 4) is 0 Å². The van der Waals surface area contributed by atoms with E-state index in [2.05, 4.69) is 0 Å². The Morgan fingerprint density at radius 3 is 1.27 bits per heavy atom. The van der Waals surface area contributed by atoms with Gasteiger partial charge in [0.25, 0.3) is 0 Å². The molecule has 1 aliphatic heterocycles. The molecule has 6 N–H and O–H groups in total. The topological polar surface area (TPSA) is 150 Å². The van der Waals surface area contributed by atoms with Crippen molar-refractivity contribution in [2.24, 2.45) is 17.2 Å². The van der Waals surface area contributed by atoms with Crippen molar-refractivity contribution in [3.63, 3.8) is 0 Å². The van der Waals surface area contributed by atoms with Gasteiger partial charge in [-0.2, -0.15) is 0 Å². The van der Waals surface area contributed by atoms with Gasteiger partial charge in [-0.3, -0.25) is 19.2 Å². The number of carbonyl (C=O) groups is 4. The van der Waals surface area contributed by atoms with Crippen LogP contribution in [0.1, 0.15) is 77.0 Å². The number of likely N-dealkylation sites (tertiary alicyclic amines) is 1. The fourth-order valence-electron chi connectivity index (χ4n) is 2.65. The van der Waals surface area contributed by atoms with Crippen LogP contribution in [0.3, 0.4) is 0 Å². The molecule has 0 radical (unpaired) electrons. The third-order valence-electron chi connectivity index (χ3n) is 4.12. The number of primary amides is 3. The average Bonchev–Trinajstić information content (AvgIpc) is 2.85. The Hall–Kier alpha value is -2.12. The summed E-state index contributed by atoms with van der Waals surface area (Å²) in [4.78, 5) is 44.6. The summed E-state index contributed by atoms with van der Waals surface area (Å²) >= 11 is 0. The summed E-state index contributed by atoms with van der Waals surface area (Å²) in [6, 6.07) is 0. The van der Waals surface area contributed by atoms with E-state index in [1.54, 1.807) is 0 Å². The van der Waals surface area contributed by atoms with E-state index in [0.29, 0.717) is 38.5 Å². The van der Waals surface area contributed by atoms with Gasteiger partial charge in [-0.05, 0) is 38.5 Å². The zero-order valence-corrected chi connectivity index (χ0v) is 15.7. The Morgan fingerprint density at radius 2 is 0.923 bits per heavy atom. The van der Waals surface area contributed by atoms with Gasteiger partial charge >= 0.3 is 0 Å². The molecule has 0 unspecified atom stereocenters. The Morgan fingerprint density at radius 1 is 0.577 bits per heavy atom. The van der Waals surface area contributed by atoms with Gasteiger partial charge in [0.1, 0.15) is 0 Å². The lowest BCUT2D eigenvalue weighted by Gasteiger charge is -2.20. The summed E-state index contributed by atoms with van der Waals surface area (Å²) < 4.78 is 0. The predicted octanol–water partition coefficient (Wildman–Crippen LogP) is 0.952. The van der Waals surface area contributed by atoms with E-state index in [1.165, 1.54) is 12.8 Å². The number of hydrogen-bond acceptors (Lipinski definition) is 4. The molecule has 1 aliphatic rings. The van der Waals surface area contributed by atoms with Crippen LogP contribution in [-0.4, -0.2) is 41.6 Å². The third-order valence-corrected chi connectivity index (χ3v) is 4.12. The van der Waals surface area contributed by atoms with E-state index in [9.17, 15) is 19.2 Å². The van der Waals surface area contributed by atoms with Crippen LogP contribution in [0.25, 0.3) is 0 Å². The molecule has 0 saturated carbocycles. The van der Waals surface area contributed by atoms with Gasteiger partial charge in [0.2, 0.25) is 23.6 Å². The first-order chi connectivity index (χ1) is 12.3. The van der Waals surface area contributed by atoms with Crippen molar-refractivity contribution in [2.45, 2.75) is 77.0 Å². The van der Waals surface area contributed by atoms with E-state index in [4.69, 9.17) is 17.2 Å². The molecule has 0 aliphatic carbocycles. The highest BCUT2D eigenvalue weighted by Crippen LogP contribution is 2.12. The van der Waals surface area contributed by atoms with Gasteiger partial charge in [-0.25, -0.2) is 0 Å². The molecule has 1 heterocycles. The second-order valence-electron chi connectivity index (χ2n) is 6.61. The standard InChI is InChI=1S/C12H22N2O2.C6H12N2O2/c13-11(15)7-3-4-8-12(16)14-9-5-1-2-6-10-14;7-5(9)3-1-2-4-6(8)10/h1-10H2,(H2,13,15);1-4H2,(H2,7,9)(H2,8,10). The highest BCUT2D eigenvalue weighted by molar-refractivity contribution is 5.76. The number of carbonyl (C=O) groups excluding carboxylic acids is 4. The van der Waals surface area contributed by atoms with E-state index in [0.717, 1.165) is 38.8 Å².